The largest absolute Gasteiger partial charge is 0.480 e. The van der Waals surface area contributed by atoms with Crippen molar-refractivity contribution < 1.29 is 9.90 Å². The van der Waals surface area contributed by atoms with E-state index >= 15 is 0 Å². The molecular formula is C18H34N2O2. The summed E-state index contributed by atoms with van der Waals surface area (Å²) in [4.78, 5) is 13.0. The molecule has 2 aliphatic carbocycles. The van der Waals surface area contributed by atoms with Gasteiger partial charge in [-0.3, -0.25) is 9.69 Å². The number of nitrogens with one attached hydrogen (secondary N) is 1. The monoisotopic (exact) mass is 310 g/mol. The lowest BCUT2D eigenvalue weighted by Crippen LogP contribution is -2.55. The SMILES string of the molecule is CCN(CC(=O)O)C1CC(NC2CCC(CCC(C)C)C2)C1. The maximum Gasteiger partial charge on any atom is 0.317 e. The van der Waals surface area contributed by atoms with Gasteiger partial charge >= 0.3 is 5.97 Å². The fourth-order valence-electron chi connectivity index (χ4n) is 4.09. The van der Waals surface area contributed by atoms with E-state index in [2.05, 4.69) is 31.0 Å². The second-order valence-corrected chi connectivity index (χ2v) is 7.79. The van der Waals surface area contributed by atoms with Gasteiger partial charge in [0.15, 0.2) is 0 Å². The summed E-state index contributed by atoms with van der Waals surface area (Å²) in [5.41, 5.74) is 0. The molecule has 0 amide bonds. The number of aliphatic carboxylic acids is 1. The minimum atomic E-state index is -0.706. The Morgan fingerprint density at radius 2 is 1.95 bits per heavy atom. The van der Waals surface area contributed by atoms with Gasteiger partial charge in [0, 0.05) is 18.1 Å². The van der Waals surface area contributed by atoms with Crippen LogP contribution in [0.4, 0.5) is 0 Å². The van der Waals surface area contributed by atoms with Crippen molar-refractivity contribution in [2.45, 2.75) is 83.8 Å². The minimum Gasteiger partial charge on any atom is -0.480 e. The van der Waals surface area contributed by atoms with E-state index in [1.54, 1.807) is 0 Å². The van der Waals surface area contributed by atoms with Crippen molar-refractivity contribution in [3.8, 4) is 0 Å². The van der Waals surface area contributed by atoms with E-state index in [1.165, 1.54) is 32.1 Å². The standard InChI is InChI=1S/C18H34N2O2/c1-4-20(12-18(21)22)17-10-16(11-17)19-15-8-7-14(9-15)6-5-13(2)3/h13-17,19H,4-12H2,1-3H3,(H,21,22). The predicted octanol–water partition coefficient (Wildman–Crippen LogP) is 3.12. The number of hydrogen-bond acceptors (Lipinski definition) is 3. The van der Waals surface area contributed by atoms with Gasteiger partial charge in [0.2, 0.25) is 0 Å². The average molecular weight is 310 g/mol. The summed E-state index contributed by atoms with van der Waals surface area (Å²) in [7, 11) is 0. The maximum absolute atomic E-state index is 10.9. The van der Waals surface area contributed by atoms with Crippen LogP contribution in [-0.4, -0.2) is 47.2 Å². The summed E-state index contributed by atoms with van der Waals surface area (Å²) in [5.74, 6) is 1.05. The summed E-state index contributed by atoms with van der Waals surface area (Å²) in [6.07, 6.45) is 9.06. The molecule has 0 aliphatic heterocycles. The summed E-state index contributed by atoms with van der Waals surface area (Å²) >= 11 is 0. The van der Waals surface area contributed by atoms with E-state index in [9.17, 15) is 4.79 Å². The van der Waals surface area contributed by atoms with Gasteiger partial charge in [0.05, 0.1) is 6.54 Å². The lowest BCUT2D eigenvalue weighted by Gasteiger charge is -2.43. The third-order valence-electron chi connectivity index (χ3n) is 5.54. The molecule has 2 N–H and O–H groups in total. The zero-order valence-electron chi connectivity index (χ0n) is 14.6. The molecule has 0 bridgehead atoms. The Kier molecular flexibility index (Phi) is 6.69. The molecule has 2 unspecified atom stereocenters. The molecule has 128 valence electrons. The van der Waals surface area contributed by atoms with Crippen LogP contribution >= 0.6 is 0 Å². The van der Waals surface area contributed by atoms with E-state index < -0.39 is 5.97 Å². The fraction of sp³-hybridized carbons (Fsp3) is 0.944. The highest BCUT2D eigenvalue weighted by molar-refractivity contribution is 5.69. The first kappa shape index (κ1) is 17.7. The number of likely N-dealkylation sites (N-methyl/N-ethyl adjacent to an activating group) is 1. The fourth-order valence-corrected chi connectivity index (χ4v) is 4.09. The molecule has 22 heavy (non-hydrogen) atoms. The van der Waals surface area contributed by atoms with Gasteiger partial charge in [0.25, 0.3) is 0 Å². The lowest BCUT2D eigenvalue weighted by molar-refractivity contribution is -0.139. The lowest BCUT2D eigenvalue weighted by atomic mass is 9.84. The molecule has 0 aromatic heterocycles. The first-order chi connectivity index (χ1) is 10.5. The van der Waals surface area contributed by atoms with E-state index in [4.69, 9.17) is 5.11 Å². The topological polar surface area (TPSA) is 52.6 Å². The van der Waals surface area contributed by atoms with E-state index in [0.717, 1.165) is 31.2 Å². The quantitative estimate of drug-likeness (QED) is 0.687. The van der Waals surface area contributed by atoms with Crippen LogP contribution in [0.2, 0.25) is 0 Å². The third-order valence-corrected chi connectivity index (χ3v) is 5.54. The van der Waals surface area contributed by atoms with Crippen molar-refractivity contribution in [3.63, 3.8) is 0 Å². The molecule has 2 aliphatic rings. The Morgan fingerprint density at radius 1 is 1.23 bits per heavy atom. The van der Waals surface area contributed by atoms with Crippen molar-refractivity contribution in [1.82, 2.24) is 10.2 Å². The number of nitrogens with zero attached hydrogens (tertiary/aromatic N) is 1. The molecule has 4 heteroatoms. The Morgan fingerprint density at radius 3 is 2.55 bits per heavy atom. The maximum atomic E-state index is 10.9. The van der Waals surface area contributed by atoms with Crippen LogP contribution in [0.25, 0.3) is 0 Å². The number of rotatable bonds is 9. The van der Waals surface area contributed by atoms with E-state index in [0.29, 0.717) is 18.1 Å². The highest BCUT2D eigenvalue weighted by atomic mass is 16.4. The molecule has 0 aromatic rings. The van der Waals surface area contributed by atoms with Crippen LogP contribution in [-0.2, 0) is 4.79 Å². The zero-order valence-corrected chi connectivity index (χ0v) is 14.6. The first-order valence-electron chi connectivity index (χ1n) is 9.19. The number of carboxylic acids is 1. The number of carbonyl (C=O) groups is 1. The van der Waals surface area contributed by atoms with Crippen molar-refractivity contribution in [2.24, 2.45) is 11.8 Å². The second-order valence-electron chi connectivity index (χ2n) is 7.79. The van der Waals surface area contributed by atoms with Crippen molar-refractivity contribution in [3.05, 3.63) is 0 Å². The Bertz CT molecular complexity index is 353. The molecule has 0 saturated heterocycles. The molecule has 2 rings (SSSR count). The highest BCUT2D eigenvalue weighted by Gasteiger charge is 2.36. The van der Waals surface area contributed by atoms with Crippen molar-refractivity contribution >= 4 is 5.97 Å². The summed E-state index contributed by atoms with van der Waals surface area (Å²) in [6.45, 7) is 7.71. The molecule has 0 radical (unpaired) electrons. The Labute approximate surface area is 135 Å². The summed E-state index contributed by atoms with van der Waals surface area (Å²) in [6, 6.07) is 1.79. The number of carboxylic acid groups (broad SMARTS) is 1. The van der Waals surface area contributed by atoms with Gasteiger partial charge in [0.1, 0.15) is 0 Å². The first-order valence-corrected chi connectivity index (χ1v) is 9.19. The van der Waals surface area contributed by atoms with Gasteiger partial charge in [-0.1, -0.05) is 33.6 Å². The van der Waals surface area contributed by atoms with Crippen molar-refractivity contribution in [2.75, 3.05) is 13.1 Å². The third kappa shape index (κ3) is 5.24. The van der Waals surface area contributed by atoms with Crippen molar-refractivity contribution in [1.29, 1.82) is 0 Å². The van der Waals surface area contributed by atoms with E-state index in [-0.39, 0.29) is 6.54 Å². The second kappa shape index (κ2) is 8.30. The smallest absolute Gasteiger partial charge is 0.317 e. The van der Waals surface area contributed by atoms with Gasteiger partial charge in [-0.15, -0.1) is 0 Å². The average Bonchev–Trinajstić information content (AvgIpc) is 2.85. The van der Waals surface area contributed by atoms with Gasteiger partial charge in [-0.25, -0.2) is 0 Å². The van der Waals surface area contributed by atoms with Crippen LogP contribution in [0.3, 0.4) is 0 Å². The molecular weight excluding hydrogens is 276 g/mol. The summed E-state index contributed by atoms with van der Waals surface area (Å²) < 4.78 is 0. The molecule has 2 atom stereocenters. The highest BCUT2D eigenvalue weighted by Crippen LogP contribution is 2.33. The normalized spacial score (nSPS) is 31.7. The molecule has 4 nitrogen and oxygen atoms in total. The van der Waals surface area contributed by atoms with Crippen LogP contribution in [0.5, 0.6) is 0 Å². The Hall–Kier alpha value is -0.610. The Balaban J connectivity index is 1.63. The van der Waals surface area contributed by atoms with Crippen LogP contribution in [0, 0.1) is 11.8 Å². The minimum absolute atomic E-state index is 0.189. The van der Waals surface area contributed by atoms with E-state index in [1.807, 2.05) is 0 Å². The van der Waals surface area contributed by atoms with Gasteiger partial charge in [-0.2, -0.15) is 0 Å². The predicted molar refractivity (Wildman–Crippen MR) is 90.0 cm³/mol. The molecule has 2 fully saturated rings. The van der Waals surface area contributed by atoms with Gasteiger partial charge < -0.3 is 10.4 Å². The summed E-state index contributed by atoms with van der Waals surface area (Å²) in [5, 5.41) is 12.8. The van der Waals surface area contributed by atoms with Gasteiger partial charge in [-0.05, 0) is 50.5 Å². The van der Waals surface area contributed by atoms with Crippen LogP contribution in [0.1, 0.15) is 65.7 Å². The molecule has 0 heterocycles. The molecule has 2 saturated carbocycles. The van der Waals surface area contributed by atoms with Crippen LogP contribution < -0.4 is 5.32 Å². The molecule has 0 spiro atoms. The van der Waals surface area contributed by atoms with Crippen LogP contribution in [0.15, 0.2) is 0 Å². The molecule has 0 aromatic carbocycles. The number of hydrogen-bond donors (Lipinski definition) is 2. The zero-order chi connectivity index (χ0) is 16.1.